The van der Waals surface area contributed by atoms with Crippen molar-refractivity contribution < 1.29 is 44.2 Å². The fourth-order valence-corrected chi connectivity index (χ4v) is 10.6. The predicted octanol–water partition coefficient (Wildman–Crippen LogP) is 17.3. The van der Waals surface area contributed by atoms with E-state index in [9.17, 15) is 25.2 Å². The van der Waals surface area contributed by atoms with E-state index in [-0.39, 0.29) is 19.2 Å². The highest BCUT2D eigenvalue weighted by molar-refractivity contribution is 5.69. The topological polar surface area (TPSA) is 135 Å². The van der Waals surface area contributed by atoms with Gasteiger partial charge in [0.2, 0.25) is 0 Å². The van der Waals surface area contributed by atoms with E-state index < -0.39 is 43.4 Å². The standard InChI is InChI=1S/C63H124O9/c1-3-5-7-9-11-13-15-17-19-21-23-25-27-29-30-32-34-36-38-40-42-44-46-48-50-52-59(65)71-57(56-70-63-62(68)61(67)60(66)58(54-64)72-63)55-69-53-51-49-47-45-43-41-39-37-35-33-31-28-26-24-22-20-18-16-14-12-10-8-6-4-2/h57-58,60-64,66-68H,3-56H2,1-2H3. The molecule has 1 rings (SSSR count). The van der Waals surface area contributed by atoms with Gasteiger partial charge in [-0.05, 0) is 12.8 Å². The Labute approximate surface area is 446 Å². The van der Waals surface area contributed by atoms with Gasteiger partial charge in [0.1, 0.15) is 30.5 Å². The zero-order valence-corrected chi connectivity index (χ0v) is 48.0. The lowest BCUT2D eigenvalue weighted by Crippen LogP contribution is -2.59. The van der Waals surface area contributed by atoms with Gasteiger partial charge in [-0.3, -0.25) is 4.79 Å². The normalized spacial score (nSPS) is 18.6. The third-order valence-electron chi connectivity index (χ3n) is 15.5. The Hall–Kier alpha value is -0.810. The zero-order chi connectivity index (χ0) is 52.1. The average Bonchev–Trinajstić information content (AvgIpc) is 3.38. The van der Waals surface area contributed by atoms with Crippen LogP contribution in [0.3, 0.4) is 0 Å². The van der Waals surface area contributed by atoms with Crippen LogP contribution in [0.1, 0.15) is 335 Å². The fraction of sp³-hybridized carbons (Fsp3) is 0.984. The number of carbonyl (C=O) groups is 1. The van der Waals surface area contributed by atoms with E-state index in [1.807, 2.05) is 0 Å². The molecule has 0 saturated carbocycles. The molecule has 1 aliphatic rings. The average molecular weight is 1030 g/mol. The van der Waals surface area contributed by atoms with E-state index in [1.165, 1.54) is 283 Å². The zero-order valence-electron chi connectivity index (χ0n) is 48.0. The van der Waals surface area contributed by atoms with Gasteiger partial charge >= 0.3 is 5.97 Å². The van der Waals surface area contributed by atoms with Crippen LogP contribution < -0.4 is 0 Å². The summed E-state index contributed by atoms with van der Waals surface area (Å²) in [6.07, 6.45) is 58.9. The van der Waals surface area contributed by atoms with E-state index in [0.717, 1.165) is 32.1 Å². The number of ether oxygens (including phenoxy) is 4. The number of aliphatic hydroxyl groups is 4. The summed E-state index contributed by atoms with van der Waals surface area (Å²) in [6.45, 7) is 4.66. The highest BCUT2D eigenvalue weighted by atomic mass is 16.7. The summed E-state index contributed by atoms with van der Waals surface area (Å²) in [6, 6.07) is 0. The minimum Gasteiger partial charge on any atom is -0.457 e. The van der Waals surface area contributed by atoms with Gasteiger partial charge in [0.05, 0.1) is 19.8 Å². The Morgan fingerprint density at radius 1 is 0.389 bits per heavy atom. The number of rotatable bonds is 58. The van der Waals surface area contributed by atoms with Crippen molar-refractivity contribution >= 4 is 5.97 Å². The molecule has 1 heterocycles. The van der Waals surface area contributed by atoms with E-state index in [0.29, 0.717) is 13.0 Å². The molecule has 0 aromatic rings. The van der Waals surface area contributed by atoms with Crippen LogP contribution in [0.15, 0.2) is 0 Å². The maximum Gasteiger partial charge on any atom is 0.306 e. The Morgan fingerprint density at radius 2 is 0.681 bits per heavy atom. The Morgan fingerprint density at radius 3 is 0.986 bits per heavy atom. The van der Waals surface area contributed by atoms with Crippen molar-refractivity contribution in [2.24, 2.45) is 0 Å². The molecular formula is C63H124O9. The summed E-state index contributed by atoms with van der Waals surface area (Å²) in [5.74, 6) is -0.301. The molecule has 0 bridgehead atoms. The second-order valence-corrected chi connectivity index (χ2v) is 22.6. The first-order valence-electron chi connectivity index (χ1n) is 32.1. The molecule has 0 spiro atoms. The molecule has 1 fully saturated rings. The Balaban J connectivity index is 2.08. The van der Waals surface area contributed by atoms with Gasteiger partial charge < -0.3 is 39.4 Å². The van der Waals surface area contributed by atoms with Crippen molar-refractivity contribution in [3.63, 3.8) is 0 Å². The highest BCUT2D eigenvalue weighted by Gasteiger charge is 2.44. The molecule has 0 aromatic heterocycles. The Bertz CT molecular complexity index is 1080. The number of unbranched alkanes of at least 4 members (excludes halogenated alkanes) is 47. The van der Waals surface area contributed by atoms with E-state index in [4.69, 9.17) is 18.9 Å². The predicted molar refractivity (Wildman–Crippen MR) is 303 cm³/mol. The SMILES string of the molecule is CCCCCCCCCCCCCCCCCCCCCCCCCCCC(=O)OC(COCCCCCCCCCCCCCCCCCCCCCCCCCC)COC1OC(CO)C(O)C(O)C1O. The van der Waals surface area contributed by atoms with Crippen molar-refractivity contribution in [1.82, 2.24) is 0 Å². The molecular weight excluding hydrogens is 901 g/mol. The van der Waals surface area contributed by atoms with Gasteiger partial charge in [-0.15, -0.1) is 0 Å². The quantitative estimate of drug-likeness (QED) is 0.0347. The molecule has 9 heteroatoms. The first kappa shape index (κ1) is 69.2. The van der Waals surface area contributed by atoms with Crippen molar-refractivity contribution in [3.8, 4) is 0 Å². The summed E-state index contributed by atoms with van der Waals surface area (Å²) in [5.41, 5.74) is 0. The largest absolute Gasteiger partial charge is 0.457 e. The molecule has 0 aromatic carbocycles. The highest BCUT2D eigenvalue weighted by Crippen LogP contribution is 2.23. The second-order valence-electron chi connectivity index (χ2n) is 22.6. The number of hydrogen-bond donors (Lipinski definition) is 4. The third-order valence-corrected chi connectivity index (χ3v) is 15.5. The summed E-state index contributed by atoms with van der Waals surface area (Å²) in [7, 11) is 0. The number of aliphatic hydroxyl groups excluding tert-OH is 4. The number of esters is 1. The van der Waals surface area contributed by atoms with Crippen molar-refractivity contribution in [2.75, 3.05) is 26.4 Å². The van der Waals surface area contributed by atoms with E-state index in [1.54, 1.807) is 0 Å². The van der Waals surface area contributed by atoms with Crippen LogP contribution in [0, 0.1) is 0 Å². The van der Waals surface area contributed by atoms with Crippen LogP contribution in [0.25, 0.3) is 0 Å². The molecule has 0 amide bonds. The maximum absolute atomic E-state index is 12.9. The smallest absolute Gasteiger partial charge is 0.306 e. The van der Waals surface area contributed by atoms with Crippen LogP contribution in [0.2, 0.25) is 0 Å². The van der Waals surface area contributed by atoms with Crippen LogP contribution in [-0.4, -0.2) is 89.6 Å². The molecule has 9 nitrogen and oxygen atoms in total. The van der Waals surface area contributed by atoms with E-state index >= 15 is 0 Å². The molecule has 4 N–H and O–H groups in total. The Kier molecular flexibility index (Phi) is 52.8. The summed E-state index contributed by atoms with van der Waals surface area (Å²) in [5, 5.41) is 40.4. The summed E-state index contributed by atoms with van der Waals surface area (Å²) >= 11 is 0. The lowest BCUT2D eigenvalue weighted by Gasteiger charge is -2.39. The number of carbonyl (C=O) groups excluding carboxylic acids is 1. The van der Waals surface area contributed by atoms with Gasteiger partial charge in [-0.2, -0.15) is 0 Å². The van der Waals surface area contributed by atoms with Crippen LogP contribution in [-0.2, 0) is 23.7 Å². The molecule has 1 aliphatic heterocycles. The number of hydrogen-bond acceptors (Lipinski definition) is 9. The summed E-state index contributed by atoms with van der Waals surface area (Å²) in [4.78, 5) is 12.9. The van der Waals surface area contributed by atoms with Gasteiger partial charge in [0.15, 0.2) is 6.29 Å². The monoisotopic (exact) mass is 1020 g/mol. The molecule has 6 unspecified atom stereocenters. The molecule has 6 atom stereocenters. The first-order valence-corrected chi connectivity index (χ1v) is 32.1. The maximum atomic E-state index is 12.9. The molecule has 1 saturated heterocycles. The van der Waals surface area contributed by atoms with E-state index in [2.05, 4.69) is 13.8 Å². The third kappa shape index (κ3) is 44.3. The van der Waals surface area contributed by atoms with Gasteiger partial charge in [0, 0.05) is 13.0 Å². The first-order chi connectivity index (χ1) is 35.4. The van der Waals surface area contributed by atoms with Crippen molar-refractivity contribution in [3.05, 3.63) is 0 Å². The summed E-state index contributed by atoms with van der Waals surface area (Å²) < 4.78 is 23.0. The van der Waals surface area contributed by atoms with Crippen molar-refractivity contribution in [2.45, 2.75) is 372 Å². The fourth-order valence-electron chi connectivity index (χ4n) is 10.6. The molecule has 0 aliphatic carbocycles. The van der Waals surface area contributed by atoms with Gasteiger partial charge in [-0.25, -0.2) is 0 Å². The van der Waals surface area contributed by atoms with Gasteiger partial charge in [0.25, 0.3) is 0 Å². The lowest BCUT2D eigenvalue weighted by atomic mass is 9.99. The minimum atomic E-state index is -1.53. The molecule has 0 radical (unpaired) electrons. The molecule has 72 heavy (non-hydrogen) atoms. The van der Waals surface area contributed by atoms with Crippen LogP contribution in [0.5, 0.6) is 0 Å². The van der Waals surface area contributed by atoms with Crippen LogP contribution >= 0.6 is 0 Å². The van der Waals surface area contributed by atoms with Crippen molar-refractivity contribution in [1.29, 1.82) is 0 Å². The van der Waals surface area contributed by atoms with Crippen LogP contribution in [0.4, 0.5) is 0 Å². The minimum absolute atomic E-state index is 0.104. The second kappa shape index (κ2) is 55.0. The lowest BCUT2D eigenvalue weighted by molar-refractivity contribution is -0.305. The van der Waals surface area contributed by atoms with Gasteiger partial charge in [-0.1, -0.05) is 316 Å². The molecule has 430 valence electrons.